The molecule has 3 N–H and O–H groups in total. The zero-order chi connectivity index (χ0) is 39.6. The number of aromatic nitrogens is 2. The van der Waals surface area contributed by atoms with Crippen LogP contribution in [0.1, 0.15) is 70.1 Å². The topological polar surface area (TPSA) is 144 Å². The molecular weight excluding hydrogens is 711 g/mol. The molecule has 6 bridgehead atoms. The number of hydrogen-bond acceptors (Lipinski definition) is 9. The second-order valence-electron chi connectivity index (χ2n) is 16.4. The number of hydrazine groups is 1. The molecule has 3 atom stereocenters. The summed E-state index contributed by atoms with van der Waals surface area (Å²) in [7, 11) is 1.69. The monoisotopic (exact) mass is 765 g/mol. The van der Waals surface area contributed by atoms with Crippen LogP contribution < -0.4 is 10.7 Å². The molecule has 2 aromatic carbocycles. The highest BCUT2D eigenvalue weighted by Crippen LogP contribution is 2.41. The lowest BCUT2D eigenvalue weighted by atomic mass is 9.84. The summed E-state index contributed by atoms with van der Waals surface area (Å²) in [6.45, 7) is 11.1. The first-order valence-corrected chi connectivity index (χ1v) is 20.0. The Hall–Kier alpha value is -4.78. The van der Waals surface area contributed by atoms with Gasteiger partial charge in [-0.1, -0.05) is 32.9 Å². The van der Waals surface area contributed by atoms with E-state index in [2.05, 4.69) is 59.3 Å². The van der Waals surface area contributed by atoms with Gasteiger partial charge in [-0.05, 0) is 103 Å². The number of phenols is 1. The van der Waals surface area contributed by atoms with Gasteiger partial charge in [0.05, 0.1) is 18.9 Å². The molecule has 2 saturated heterocycles. The normalized spacial score (nSPS) is 21.3. The minimum Gasteiger partial charge on any atom is -0.508 e. The number of ether oxygens (including phenoxy) is 3. The predicted molar refractivity (Wildman–Crippen MR) is 213 cm³/mol. The standard InChI is InChI=1S/C44H55N5O7/c1-6-48-39-10-9-30-22-34(39)35(40(48)36-24-45-14-11-31(36)25-54-5)23-44(3,4)26-56-43(53)37-8-7-15-49(47-37)42(52)38(20-28-18-32(30)21-33(50)19-28)46-41(51)27(2)29-12-16-55-17-13-29/h9-11,14,18-19,21-22,24,27,29,37-38,47,50H,6-8,12-13,15-17,20,23,25-26H2,1-5H3,(H,46,51)/t27?,37-,38-/m0/s1. The minimum absolute atomic E-state index is 0.0618. The van der Waals surface area contributed by atoms with Gasteiger partial charge < -0.3 is 29.2 Å². The van der Waals surface area contributed by atoms with Gasteiger partial charge in [0.15, 0.2) is 0 Å². The van der Waals surface area contributed by atoms with Gasteiger partial charge in [-0.15, -0.1) is 0 Å². The van der Waals surface area contributed by atoms with Crippen LogP contribution >= 0.6 is 0 Å². The van der Waals surface area contributed by atoms with Crippen LogP contribution in [0.5, 0.6) is 5.75 Å². The van der Waals surface area contributed by atoms with E-state index in [-0.39, 0.29) is 42.4 Å². The molecule has 0 aliphatic carbocycles. The SMILES string of the molecule is CCn1c(-c2cnccc2COC)c2c3cc(ccc31)-c1cc(O)cc(c1)C[C@H](NC(=O)C(C)C1CCOCC1)C(=O)N1CCC[C@H](N1)C(=O)OCC(C)(C)C2. The molecule has 2 aromatic heterocycles. The summed E-state index contributed by atoms with van der Waals surface area (Å²) in [5.74, 6) is -1.08. The van der Waals surface area contributed by atoms with Gasteiger partial charge in [-0.25, -0.2) is 5.43 Å². The van der Waals surface area contributed by atoms with Crippen LogP contribution in [0.4, 0.5) is 0 Å². The van der Waals surface area contributed by atoms with Crippen molar-refractivity contribution in [1.29, 1.82) is 0 Å². The third-order valence-corrected chi connectivity index (χ3v) is 11.7. The van der Waals surface area contributed by atoms with Crippen molar-refractivity contribution in [1.82, 2.24) is 25.3 Å². The van der Waals surface area contributed by atoms with Gasteiger partial charge >= 0.3 is 5.97 Å². The van der Waals surface area contributed by atoms with Crippen LogP contribution in [0.25, 0.3) is 33.3 Å². The van der Waals surface area contributed by atoms with E-state index in [1.54, 1.807) is 25.4 Å². The second-order valence-corrected chi connectivity index (χ2v) is 16.4. The largest absolute Gasteiger partial charge is 0.508 e. The average Bonchev–Trinajstić information content (AvgIpc) is 3.50. The minimum atomic E-state index is -0.949. The second kappa shape index (κ2) is 16.8. The number of fused-ring (bicyclic) bond motifs is 6. The lowest BCUT2D eigenvalue weighted by Gasteiger charge is -2.36. The smallest absolute Gasteiger partial charge is 0.324 e. The molecule has 3 aliphatic heterocycles. The van der Waals surface area contributed by atoms with E-state index in [4.69, 9.17) is 14.2 Å². The number of phenolic OH excluding ortho intramolecular Hbond substituents is 1. The third-order valence-electron chi connectivity index (χ3n) is 11.7. The molecule has 5 heterocycles. The highest BCUT2D eigenvalue weighted by molar-refractivity contribution is 5.95. The molecular formula is C44H55N5O7. The summed E-state index contributed by atoms with van der Waals surface area (Å²) in [5.41, 5.74) is 10.2. The molecule has 12 nitrogen and oxygen atoms in total. The number of nitrogens with one attached hydrogen (secondary N) is 2. The van der Waals surface area contributed by atoms with Crippen molar-refractivity contribution in [3.8, 4) is 28.1 Å². The molecule has 2 fully saturated rings. The lowest BCUT2D eigenvalue weighted by Crippen LogP contribution is -2.61. The van der Waals surface area contributed by atoms with E-state index in [1.165, 1.54) is 5.01 Å². The highest BCUT2D eigenvalue weighted by atomic mass is 16.5. The maximum absolute atomic E-state index is 14.4. The summed E-state index contributed by atoms with van der Waals surface area (Å²) in [5, 5.41) is 16.7. The van der Waals surface area contributed by atoms with E-state index in [9.17, 15) is 19.5 Å². The fourth-order valence-corrected chi connectivity index (χ4v) is 8.66. The molecule has 0 saturated carbocycles. The quantitative estimate of drug-likeness (QED) is 0.195. The van der Waals surface area contributed by atoms with Crippen molar-refractivity contribution in [2.75, 3.05) is 33.5 Å². The number of methoxy groups -OCH3 is 1. The Bertz CT molecular complexity index is 2090. The van der Waals surface area contributed by atoms with Gasteiger partial charge in [0.2, 0.25) is 5.91 Å². The van der Waals surface area contributed by atoms with Crippen molar-refractivity contribution in [2.45, 2.75) is 91.5 Å². The highest BCUT2D eigenvalue weighted by Gasteiger charge is 2.36. The summed E-state index contributed by atoms with van der Waals surface area (Å²) in [6.07, 6.45) is 7.07. The first-order chi connectivity index (χ1) is 27.0. The molecule has 2 amide bonds. The number of hydrogen-bond donors (Lipinski definition) is 3. The van der Waals surface area contributed by atoms with Crippen LogP contribution in [-0.2, 0) is 54.6 Å². The van der Waals surface area contributed by atoms with Crippen molar-refractivity contribution in [3.05, 3.63) is 71.5 Å². The number of aryl methyl sites for hydroxylation is 1. The maximum Gasteiger partial charge on any atom is 0.324 e. The average molecular weight is 766 g/mol. The number of rotatable bonds is 7. The van der Waals surface area contributed by atoms with Crippen LogP contribution in [0.15, 0.2) is 54.9 Å². The number of amides is 2. The van der Waals surface area contributed by atoms with E-state index < -0.39 is 23.5 Å². The summed E-state index contributed by atoms with van der Waals surface area (Å²) in [4.78, 5) is 46.4. The van der Waals surface area contributed by atoms with Crippen LogP contribution in [0.3, 0.4) is 0 Å². The number of aromatic hydroxyl groups is 1. The Labute approximate surface area is 328 Å². The van der Waals surface area contributed by atoms with Gasteiger partial charge in [-0.2, -0.15) is 0 Å². The van der Waals surface area contributed by atoms with Crippen molar-refractivity contribution >= 4 is 28.7 Å². The third kappa shape index (κ3) is 8.33. The number of benzene rings is 2. The Morgan fingerprint density at radius 1 is 1.11 bits per heavy atom. The van der Waals surface area contributed by atoms with Gasteiger partial charge in [-0.3, -0.25) is 24.4 Å². The number of carbonyl (C=O) groups is 3. The number of pyridine rings is 1. The molecule has 4 aromatic rings. The fraction of sp³-hybridized carbons (Fsp3) is 0.500. The number of esters is 1. The number of carbonyl (C=O) groups excluding carboxylic acids is 3. The van der Waals surface area contributed by atoms with Gasteiger partial charge in [0.25, 0.3) is 5.91 Å². The molecule has 3 aliphatic rings. The molecule has 12 heteroatoms. The Balaban J connectivity index is 1.35. The predicted octanol–water partition coefficient (Wildman–Crippen LogP) is 5.95. The lowest BCUT2D eigenvalue weighted by molar-refractivity contribution is -0.155. The summed E-state index contributed by atoms with van der Waals surface area (Å²) >= 11 is 0. The summed E-state index contributed by atoms with van der Waals surface area (Å²) in [6, 6.07) is 12.0. The Morgan fingerprint density at radius 2 is 1.91 bits per heavy atom. The molecule has 298 valence electrons. The molecule has 1 unspecified atom stereocenters. The van der Waals surface area contributed by atoms with E-state index in [0.717, 1.165) is 57.3 Å². The zero-order valence-corrected chi connectivity index (χ0v) is 33.2. The fourth-order valence-electron chi connectivity index (χ4n) is 8.66. The van der Waals surface area contributed by atoms with Crippen molar-refractivity contribution in [3.63, 3.8) is 0 Å². The van der Waals surface area contributed by atoms with Crippen LogP contribution in [-0.4, -0.2) is 83.0 Å². The first-order valence-electron chi connectivity index (χ1n) is 20.0. The molecule has 56 heavy (non-hydrogen) atoms. The van der Waals surface area contributed by atoms with Crippen molar-refractivity contribution < 1.29 is 33.7 Å². The van der Waals surface area contributed by atoms with Crippen LogP contribution in [0.2, 0.25) is 0 Å². The van der Waals surface area contributed by atoms with E-state index >= 15 is 0 Å². The van der Waals surface area contributed by atoms with Crippen LogP contribution in [0, 0.1) is 17.3 Å². The van der Waals surface area contributed by atoms with E-state index in [1.807, 2.05) is 25.3 Å². The Kier molecular flexibility index (Phi) is 11.8. The Morgan fingerprint density at radius 3 is 2.68 bits per heavy atom. The van der Waals surface area contributed by atoms with Gasteiger partial charge in [0.1, 0.15) is 17.8 Å². The van der Waals surface area contributed by atoms with Crippen molar-refractivity contribution in [2.24, 2.45) is 17.3 Å². The van der Waals surface area contributed by atoms with E-state index in [0.29, 0.717) is 57.7 Å². The summed E-state index contributed by atoms with van der Waals surface area (Å²) < 4.78 is 19.5. The zero-order valence-electron chi connectivity index (χ0n) is 33.2. The maximum atomic E-state index is 14.4. The molecule has 7 rings (SSSR count). The molecule has 0 spiro atoms. The molecule has 0 radical (unpaired) electrons. The number of cyclic esters (lactones) is 1. The van der Waals surface area contributed by atoms with Gasteiger partial charge in [0, 0.05) is 80.0 Å². The number of nitrogens with zero attached hydrogens (tertiary/aromatic N) is 3. The first kappa shape index (κ1) is 39.5.